The van der Waals surface area contributed by atoms with Gasteiger partial charge in [-0.3, -0.25) is 4.79 Å². The van der Waals surface area contributed by atoms with E-state index in [0.717, 1.165) is 11.3 Å². The first-order chi connectivity index (χ1) is 10.6. The molecule has 3 rings (SSSR count). The van der Waals surface area contributed by atoms with E-state index in [9.17, 15) is 4.79 Å². The molecule has 0 saturated heterocycles. The highest BCUT2D eigenvalue weighted by Crippen LogP contribution is 2.27. The van der Waals surface area contributed by atoms with Crippen LogP contribution in [-0.2, 0) is 11.3 Å². The zero-order valence-electron chi connectivity index (χ0n) is 11.6. The third kappa shape index (κ3) is 3.04. The summed E-state index contributed by atoms with van der Waals surface area (Å²) in [6.45, 7) is 0.390. The Morgan fingerprint density at radius 2 is 2.05 bits per heavy atom. The standard InChI is InChI=1S/C16H13ClN2O3/c17-12-5-3-11(4-6-12)15-10-13(18-22-15)14-2-1-8-19(14)9-7-16(20)21/h1-6,8,10H,7,9H2,(H,20,21). The molecule has 0 bridgehead atoms. The molecule has 0 aliphatic heterocycles. The fourth-order valence-electron chi connectivity index (χ4n) is 2.20. The van der Waals surface area contributed by atoms with E-state index >= 15 is 0 Å². The normalized spacial score (nSPS) is 10.8. The molecule has 1 N–H and O–H groups in total. The van der Waals surface area contributed by atoms with Gasteiger partial charge in [0, 0.05) is 29.4 Å². The van der Waals surface area contributed by atoms with Crippen LogP contribution in [0.2, 0.25) is 5.02 Å². The van der Waals surface area contributed by atoms with Crippen molar-refractivity contribution < 1.29 is 14.4 Å². The van der Waals surface area contributed by atoms with Crippen LogP contribution in [0.4, 0.5) is 0 Å². The van der Waals surface area contributed by atoms with Crippen molar-refractivity contribution in [2.24, 2.45) is 0 Å². The number of aliphatic carboxylic acids is 1. The van der Waals surface area contributed by atoms with Crippen molar-refractivity contribution >= 4 is 17.6 Å². The van der Waals surface area contributed by atoms with Gasteiger partial charge in [0.15, 0.2) is 5.76 Å². The monoisotopic (exact) mass is 316 g/mol. The Balaban J connectivity index is 1.86. The van der Waals surface area contributed by atoms with Gasteiger partial charge in [-0.05, 0) is 36.4 Å². The van der Waals surface area contributed by atoms with Crippen LogP contribution in [-0.4, -0.2) is 20.8 Å². The third-order valence-electron chi connectivity index (χ3n) is 3.30. The first-order valence-electron chi connectivity index (χ1n) is 6.73. The maximum atomic E-state index is 10.7. The summed E-state index contributed by atoms with van der Waals surface area (Å²) in [5, 5.41) is 13.5. The lowest BCUT2D eigenvalue weighted by Crippen LogP contribution is -2.04. The van der Waals surface area contributed by atoms with Gasteiger partial charge < -0.3 is 14.2 Å². The van der Waals surface area contributed by atoms with E-state index in [1.54, 1.807) is 12.1 Å². The first-order valence-corrected chi connectivity index (χ1v) is 7.11. The minimum Gasteiger partial charge on any atom is -0.481 e. The van der Waals surface area contributed by atoms with E-state index < -0.39 is 5.97 Å². The minimum atomic E-state index is -0.832. The Morgan fingerprint density at radius 3 is 2.77 bits per heavy atom. The van der Waals surface area contributed by atoms with Crippen molar-refractivity contribution in [2.75, 3.05) is 0 Å². The summed E-state index contributed by atoms with van der Waals surface area (Å²) < 4.78 is 7.22. The van der Waals surface area contributed by atoms with Crippen molar-refractivity contribution in [3.8, 4) is 22.7 Å². The molecule has 22 heavy (non-hydrogen) atoms. The second kappa shape index (κ2) is 6.07. The number of aryl methyl sites for hydroxylation is 1. The number of hydrogen-bond donors (Lipinski definition) is 1. The second-order valence-corrected chi connectivity index (χ2v) is 5.25. The molecule has 0 radical (unpaired) electrons. The summed E-state index contributed by atoms with van der Waals surface area (Å²) in [6, 6.07) is 12.9. The number of benzene rings is 1. The molecule has 2 heterocycles. The van der Waals surface area contributed by atoms with Crippen LogP contribution in [0.5, 0.6) is 0 Å². The van der Waals surface area contributed by atoms with Gasteiger partial charge in [0.25, 0.3) is 0 Å². The average Bonchev–Trinajstić information content (AvgIpc) is 3.14. The summed E-state index contributed by atoms with van der Waals surface area (Å²) in [5.74, 6) is -0.195. The molecule has 1 aromatic carbocycles. The van der Waals surface area contributed by atoms with E-state index in [-0.39, 0.29) is 6.42 Å². The molecule has 0 atom stereocenters. The maximum absolute atomic E-state index is 10.7. The quantitative estimate of drug-likeness (QED) is 0.774. The van der Waals surface area contributed by atoms with Crippen LogP contribution in [0.25, 0.3) is 22.7 Å². The number of halogens is 1. The Kier molecular flexibility index (Phi) is 3.98. The molecule has 0 aliphatic rings. The predicted molar refractivity (Wildman–Crippen MR) is 82.6 cm³/mol. The third-order valence-corrected chi connectivity index (χ3v) is 3.55. The zero-order valence-corrected chi connectivity index (χ0v) is 12.3. The van der Waals surface area contributed by atoms with E-state index in [2.05, 4.69) is 5.16 Å². The molecular formula is C16H13ClN2O3. The van der Waals surface area contributed by atoms with Crippen LogP contribution >= 0.6 is 11.6 Å². The highest BCUT2D eigenvalue weighted by atomic mass is 35.5. The Morgan fingerprint density at radius 1 is 1.27 bits per heavy atom. The van der Waals surface area contributed by atoms with Gasteiger partial charge in [-0.2, -0.15) is 0 Å². The van der Waals surface area contributed by atoms with Crippen LogP contribution in [0.15, 0.2) is 53.2 Å². The van der Waals surface area contributed by atoms with E-state index in [1.807, 2.05) is 41.1 Å². The number of rotatable bonds is 5. The topological polar surface area (TPSA) is 68.3 Å². The molecule has 0 amide bonds. The number of carboxylic acid groups (broad SMARTS) is 1. The Hall–Kier alpha value is -2.53. The lowest BCUT2D eigenvalue weighted by atomic mass is 10.1. The number of carbonyl (C=O) groups is 1. The summed E-state index contributed by atoms with van der Waals surface area (Å²) in [7, 11) is 0. The lowest BCUT2D eigenvalue weighted by Gasteiger charge is -2.04. The second-order valence-electron chi connectivity index (χ2n) is 4.81. The molecule has 6 heteroatoms. The molecule has 0 spiro atoms. The van der Waals surface area contributed by atoms with Gasteiger partial charge in [-0.25, -0.2) is 0 Å². The van der Waals surface area contributed by atoms with Crippen molar-refractivity contribution in [2.45, 2.75) is 13.0 Å². The first kappa shape index (κ1) is 14.4. The molecule has 5 nitrogen and oxygen atoms in total. The molecule has 0 unspecified atom stereocenters. The molecule has 112 valence electrons. The molecule has 3 aromatic rings. The van der Waals surface area contributed by atoms with Crippen LogP contribution in [0, 0.1) is 0 Å². The molecular weight excluding hydrogens is 304 g/mol. The SMILES string of the molecule is O=C(O)CCn1cccc1-c1cc(-c2ccc(Cl)cc2)on1. The fraction of sp³-hybridized carbons (Fsp3) is 0.125. The van der Waals surface area contributed by atoms with Crippen LogP contribution in [0.3, 0.4) is 0 Å². The number of nitrogens with zero attached hydrogens (tertiary/aromatic N) is 2. The van der Waals surface area contributed by atoms with Crippen molar-refractivity contribution in [1.29, 1.82) is 0 Å². The number of hydrogen-bond acceptors (Lipinski definition) is 3. The van der Waals surface area contributed by atoms with Gasteiger partial charge in [0.2, 0.25) is 0 Å². The van der Waals surface area contributed by atoms with Gasteiger partial charge in [0.1, 0.15) is 5.69 Å². The molecule has 0 saturated carbocycles. The Labute approximate surface area is 131 Å². The van der Waals surface area contributed by atoms with Crippen molar-refractivity contribution in [3.63, 3.8) is 0 Å². The van der Waals surface area contributed by atoms with Crippen molar-refractivity contribution in [1.82, 2.24) is 9.72 Å². The van der Waals surface area contributed by atoms with Crippen LogP contribution in [0.1, 0.15) is 6.42 Å². The summed E-state index contributed by atoms with van der Waals surface area (Å²) in [5.41, 5.74) is 2.37. The van der Waals surface area contributed by atoms with E-state index in [0.29, 0.717) is 23.0 Å². The molecule has 0 fully saturated rings. The number of aromatic nitrogens is 2. The van der Waals surface area contributed by atoms with Gasteiger partial charge in [-0.15, -0.1) is 0 Å². The maximum Gasteiger partial charge on any atom is 0.305 e. The van der Waals surface area contributed by atoms with E-state index in [4.69, 9.17) is 21.2 Å². The molecule has 0 aliphatic carbocycles. The van der Waals surface area contributed by atoms with Gasteiger partial charge in [0.05, 0.1) is 12.1 Å². The average molecular weight is 317 g/mol. The largest absolute Gasteiger partial charge is 0.481 e. The van der Waals surface area contributed by atoms with Gasteiger partial charge in [-0.1, -0.05) is 16.8 Å². The lowest BCUT2D eigenvalue weighted by molar-refractivity contribution is -0.137. The van der Waals surface area contributed by atoms with Crippen molar-refractivity contribution in [3.05, 3.63) is 53.7 Å². The predicted octanol–water partition coefficient (Wildman–Crippen LogP) is 3.94. The highest BCUT2D eigenvalue weighted by Gasteiger charge is 2.12. The molecule has 2 aromatic heterocycles. The van der Waals surface area contributed by atoms with E-state index in [1.165, 1.54) is 0 Å². The minimum absolute atomic E-state index is 0.0591. The Bertz CT molecular complexity index is 790. The highest BCUT2D eigenvalue weighted by molar-refractivity contribution is 6.30. The fourth-order valence-corrected chi connectivity index (χ4v) is 2.33. The van der Waals surface area contributed by atoms with Gasteiger partial charge >= 0.3 is 5.97 Å². The summed E-state index contributed by atoms with van der Waals surface area (Å²) in [4.78, 5) is 10.7. The summed E-state index contributed by atoms with van der Waals surface area (Å²) >= 11 is 5.87. The number of carboxylic acids is 1. The summed E-state index contributed by atoms with van der Waals surface area (Å²) in [6.07, 6.45) is 1.89. The van der Waals surface area contributed by atoms with Crippen LogP contribution < -0.4 is 0 Å². The zero-order chi connectivity index (χ0) is 15.5. The smallest absolute Gasteiger partial charge is 0.305 e.